The van der Waals surface area contributed by atoms with E-state index in [0.29, 0.717) is 17.9 Å². The van der Waals surface area contributed by atoms with Crippen molar-refractivity contribution in [2.24, 2.45) is 0 Å². The summed E-state index contributed by atoms with van der Waals surface area (Å²) >= 11 is 0. The maximum absolute atomic E-state index is 14.0. The summed E-state index contributed by atoms with van der Waals surface area (Å²) in [6.07, 6.45) is 3.86. The van der Waals surface area contributed by atoms with Crippen LogP contribution in [-0.4, -0.2) is 23.1 Å². The summed E-state index contributed by atoms with van der Waals surface area (Å²) < 4.78 is 20.0. The number of nitriles is 1. The van der Waals surface area contributed by atoms with E-state index in [2.05, 4.69) is 36.1 Å². The van der Waals surface area contributed by atoms with Gasteiger partial charge < -0.3 is 9.64 Å². The van der Waals surface area contributed by atoms with Crippen LogP contribution in [0.15, 0.2) is 42.0 Å². The lowest BCUT2D eigenvalue weighted by Crippen LogP contribution is -2.39. The van der Waals surface area contributed by atoms with E-state index in [0.717, 1.165) is 77.5 Å². The van der Waals surface area contributed by atoms with Crippen LogP contribution in [0.4, 0.5) is 10.2 Å². The minimum atomic E-state index is -0.356. The average Bonchev–Trinajstić information content (AvgIpc) is 2.96. The van der Waals surface area contributed by atoms with E-state index in [4.69, 9.17) is 14.7 Å². The van der Waals surface area contributed by atoms with Gasteiger partial charge in [0, 0.05) is 53.5 Å². The fraction of sp³-hybridized carbons (Fsp3) is 0.345. The van der Waals surface area contributed by atoms with Crippen LogP contribution in [0, 0.1) is 24.1 Å². The van der Waals surface area contributed by atoms with Crippen LogP contribution in [0.2, 0.25) is 0 Å². The predicted molar refractivity (Wildman–Crippen MR) is 135 cm³/mol. The Morgan fingerprint density at radius 3 is 2.66 bits per heavy atom. The number of fused-ring (bicyclic) bond motifs is 2. The van der Waals surface area contributed by atoms with Crippen molar-refractivity contribution >= 4 is 11.4 Å². The van der Waals surface area contributed by atoms with Crippen molar-refractivity contribution in [3.8, 4) is 11.8 Å². The highest BCUT2D eigenvalue weighted by molar-refractivity contribution is 5.88. The summed E-state index contributed by atoms with van der Waals surface area (Å²) in [4.78, 5) is 12.0. The van der Waals surface area contributed by atoms with Gasteiger partial charge in [-0.1, -0.05) is 31.5 Å². The molecule has 0 radical (unpaired) electrons. The van der Waals surface area contributed by atoms with E-state index < -0.39 is 0 Å². The van der Waals surface area contributed by atoms with Crippen molar-refractivity contribution in [2.45, 2.75) is 53.1 Å². The van der Waals surface area contributed by atoms with Crippen LogP contribution in [0.25, 0.3) is 5.57 Å². The zero-order valence-corrected chi connectivity index (χ0v) is 20.5. The Kier molecular flexibility index (Phi) is 6.25. The molecular formula is C29H29FN4O. The number of nitrogens with zero attached hydrogens (tertiary/aromatic N) is 4. The first kappa shape index (κ1) is 23.0. The summed E-state index contributed by atoms with van der Waals surface area (Å²) in [5.74, 6) is 1.98. The van der Waals surface area contributed by atoms with Crippen molar-refractivity contribution in [2.75, 3.05) is 18.0 Å². The molecule has 0 N–H and O–H groups in total. The number of ether oxygens (including phenoxy) is 1. The van der Waals surface area contributed by atoms with Crippen molar-refractivity contribution in [3.05, 3.63) is 87.1 Å². The first-order valence-corrected chi connectivity index (χ1v) is 12.3. The number of allylic oxidation sites excluding steroid dienone is 1. The molecule has 0 bridgehead atoms. The van der Waals surface area contributed by atoms with Gasteiger partial charge in [0.2, 0.25) is 0 Å². The van der Waals surface area contributed by atoms with Crippen LogP contribution in [-0.2, 0) is 19.4 Å². The molecule has 35 heavy (non-hydrogen) atoms. The summed E-state index contributed by atoms with van der Waals surface area (Å²) in [5, 5.41) is 9.71. The average molecular weight is 469 g/mol. The van der Waals surface area contributed by atoms with Gasteiger partial charge in [-0.15, -0.1) is 0 Å². The maximum Gasteiger partial charge on any atom is 0.136 e. The van der Waals surface area contributed by atoms with Crippen molar-refractivity contribution in [1.29, 1.82) is 5.26 Å². The predicted octanol–water partition coefficient (Wildman–Crippen LogP) is 5.92. The van der Waals surface area contributed by atoms with Crippen LogP contribution in [0.5, 0.6) is 5.75 Å². The van der Waals surface area contributed by atoms with Gasteiger partial charge in [-0.3, -0.25) is 0 Å². The van der Waals surface area contributed by atoms with E-state index in [-0.39, 0.29) is 5.82 Å². The Morgan fingerprint density at radius 1 is 1.14 bits per heavy atom. The quantitative estimate of drug-likeness (QED) is 0.435. The molecule has 2 aliphatic heterocycles. The Hall–Kier alpha value is -3.72. The summed E-state index contributed by atoms with van der Waals surface area (Å²) in [5.41, 5.74) is 7.52. The molecule has 0 amide bonds. The SMILES string of the molecule is CCCc1nc(C)nc(N2CCC2)c1Cc1ccc2c(c1)COc1cc(F)ccc1/C2=C(/C)C#N. The number of rotatable bonds is 5. The molecule has 2 aromatic carbocycles. The lowest BCUT2D eigenvalue weighted by atomic mass is 9.89. The first-order chi connectivity index (χ1) is 17.0. The third kappa shape index (κ3) is 4.39. The molecular weight excluding hydrogens is 439 g/mol. The number of hydrogen-bond acceptors (Lipinski definition) is 5. The molecule has 0 saturated carbocycles. The molecule has 5 nitrogen and oxygen atoms in total. The number of anilines is 1. The standard InChI is InChI=1S/C29H29FN4O/c1-4-6-26-25(29(33-19(3)32-26)34-11-5-12-34)14-20-7-9-23-21(13-20)17-35-27-15-22(30)8-10-24(27)28(23)18(2)16-31/h7-10,13,15H,4-6,11-12,14,17H2,1-3H3/b28-18-. The summed E-state index contributed by atoms with van der Waals surface area (Å²) in [6, 6.07) is 13.1. The highest BCUT2D eigenvalue weighted by Gasteiger charge is 2.25. The Morgan fingerprint density at radius 2 is 1.94 bits per heavy atom. The maximum atomic E-state index is 14.0. The highest BCUT2D eigenvalue weighted by atomic mass is 19.1. The molecule has 0 unspecified atom stereocenters. The molecule has 3 heterocycles. The molecule has 0 atom stereocenters. The molecule has 178 valence electrons. The number of halogens is 1. The molecule has 1 fully saturated rings. The van der Waals surface area contributed by atoms with Crippen molar-refractivity contribution in [1.82, 2.24) is 9.97 Å². The van der Waals surface area contributed by atoms with Gasteiger partial charge in [0.05, 0.1) is 6.07 Å². The largest absolute Gasteiger partial charge is 0.488 e. The van der Waals surface area contributed by atoms with Crippen LogP contribution >= 0.6 is 0 Å². The van der Waals surface area contributed by atoms with E-state index in [1.807, 2.05) is 6.92 Å². The summed E-state index contributed by atoms with van der Waals surface area (Å²) in [7, 11) is 0. The monoisotopic (exact) mass is 468 g/mol. The second-order valence-electron chi connectivity index (χ2n) is 9.32. The molecule has 1 aromatic heterocycles. The van der Waals surface area contributed by atoms with E-state index in [1.165, 1.54) is 24.1 Å². The Bertz CT molecular complexity index is 1370. The second-order valence-corrected chi connectivity index (χ2v) is 9.32. The smallest absolute Gasteiger partial charge is 0.136 e. The van der Waals surface area contributed by atoms with Gasteiger partial charge in [-0.05, 0) is 55.5 Å². The fourth-order valence-corrected chi connectivity index (χ4v) is 4.96. The van der Waals surface area contributed by atoms with E-state index in [1.54, 1.807) is 13.0 Å². The molecule has 0 aliphatic carbocycles. The molecule has 3 aromatic rings. The third-order valence-electron chi connectivity index (χ3n) is 6.78. The van der Waals surface area contributed by atoms with Gasteiger partial charge in [-0.2, -0.15) is 5.26 Å². The number of aromatic nitrogens is 2. The van der Waals surface area contributed by atoms with Crippen LogP contribution in [0.3, 0.4) is 0 Å². The number of aryl methyl sites for hydroxylation is 2. The minimum absolute atomic E-state index is 0.313. The lowest BCUT2D eigenvalue weighted by molar-refractivity contribution is 0.305. The van der Waals surface area contributed by atoms with Crippen molar-refractivity contribution in [3.63, 3.8) is 0 Å². The molecule has 2 aliphatic rings. The topological polar surface area (TPSA) is 62.0 Å². The summed E-state index contributed by atoms with van der Waals surface area (Å²) in [6.45, 7) is 8.32. The number of benzene rings is 2. The van der Waals surface area contributed by atoms with Gasteiger partial charge in [-0.25, -0.2) is 14.4 Å². The third-order valence-corrected chi connectivity index (χ3v) is 6.78. The van der Waals surface area contributed by atoms with Gasteiger partial charge in [0.15, 0.2) is 0 Å². The van der Waals surface area contributed by atoms with Gasteiger partial charge in [0.25, 0.3) is 0 Å². The zero-order valence-electron chi connectivity index (χ0n) is 20.5. The normalized spacial score (nSPS) is 15.8. The molecule has 1 saturated heterocycles. The van der Waals surface area contributed by atoms with E-state index >= 15 is 0 Å². The van der Waals surface area contributed by atoms with Gasteiger partial charge in [0.1, 0.15) is 29.8 Å². The van der Waals surface area contributed by atoms with Crippen molar-refractivity contribution < 1.29 is 9.13 Å². The van der Waals surface area contributed by atoms with Gasteiger partial charge >= 0.3 is 0 Å². The fourth-order valence-electron chi connectivity index (χ4n) is 4.96. The zero-order chi connectivity index (χ0) is 24.5. The Balaban J connectivity index is 1.58. The Labute approximate surface area is 205 Å². The van der Waals surface area contributed by atoms with Crippen LogP contribution < -0.4 is 9.64 Å². The molecule has 5 rings (SSSR count). The molecule has 0 spiro atoms. The van der Waals surface area contributed by atoms with Crippen LogP contribution in [0.1, 0.15) is 66.0 Å². The molecule has 6 heteroatoms. The lowest BCUT2D eigenvalue weighted by Gasteiger charge is -2.34. The number of hydrogen-bond donors (Lipinski definition) is 0. The highest BCUT2D eigenvalue weighted by Crippen LogP contribution is 2.39. The second kappa shape index (κ2) is 9.50. The minimum Gasteiger partial charge on any atom is -0.488 e. The first-order valence-electron chi connectivity index (χ1n) is 12.3. The van der Waals surface area contributed by atoms with E-state index in [9.17, 15) is 9.65 Å².